The van der Waals surface area contributed by atoms with E-state index in [2.05, 4.69) is 44.5 Å². The van der Waals surface area contributed by atoms with E-state index in [-0.39, 0.29) is 4.90 Å². The van der Waals surface area contributed by atoms with E-state index in [0.717, 1.165) is 37.3 Å². The maximum Gasteiger partial charge on any atom is 0.350 e. The largest absolute Gasteiger partial charge is 0.462 e. The zero-order valence-electron chi connectivity index (χ0n) is 22.9. The lowest BCUT2D eigenvalue weighted by Gasteiger charge is -2.36. The van der Waals surface area contributed by atoms with Crippen molar-refractivity contribution in [3.8, 4) is 0 Å². The van der Waals surface area contributed by atoms with Crippen molar-refractivity contribution in [3.05, 3.63) is 46.5 Å². The molecule has 13 heteroatoms. The van der Waals surface area contributed by atoms with E-state index in [4.69, 9.17) is 9.72 Å². The van der Waals surface area contributed by atoms with E-state index in [1.54, 1.807) is 38.1 Å². The highest BCUT2D eigenvalue weighted by Gasteiger charge is 2.23. The first-order valence-corrected chi connectivity index (χ1v) is 15.5. The van der Waals surface area contributed by atoms with Crippen LogP contribution in [0.25, 0.3) is 0 Å². The molecule has 1 saturated heterocycles. The summed E-state index contributed by atoms with van der Waals surface area (Å²) in [5, 5.41) is 7.01. The first-order valence-electron chi connectivity index (χ1n) is 12.8. The first-order chi connectivity index (χ1) is 18.5. The lowest BCUT2D eigenvalue weighted by Crippen LogP contribution is -2.42. The number of ether oxygens (including phenoxy) is 1. The number of esters is 1. The monoisotopic (exact) mass is 573 g/mol. The van der Waals surface area contributed by atoms with Gasteiger partial charge in [0.1, 0.15) is 16.5 Å². The van der Waals surface area contributed by atoms with Gasteiger partial charge in [-0.15, -0.1) is 0 Å². The Bertz CT molecular complexity index is 1400. The van der Waals surface area contributed by atoms with E-state index in [9.17, 15) is 13.2 Å². The second-order valence-electron chi connectivity index (χ2n) is 9.67. The Balaban J connectivity index is 1.56. The van der Waals surface area contributed by atoms with Gasteiger partial charge in [-0.05, 0) is 58.5 Å². The summed E-state index contributed by atoms with van der Waals surface area (Å²) in [7, 11) is 0.967. The molecule has 11 nitrogen and oxygen atoms in total. The normalized spacial score (nSPS) is 14.5. The van der Waals surface area contributed by atoms with Gasteiger partial charge in [-0.2, -0.15) is 9.97 Å². The quantitative estimate of drug-likeness (QED) is 0.344. The molecule has 1 aromatic carbocycles. The van der Waals surface area contributed by atoms with Crippen LogP contribution in [0.15, 0.2) is 35.2 Å². The molecule has 0 aliphatic carbocycles. The van der Waals surface area contributed by atoms with Gasteiger partial charge < -0.3 is 19.9 Å². The molecule has 39 heavy (non-hydrogen) atoms. The molecule has 3 aromatic rings. The predicted octanol–water partition coefficient (Wildman–Crippen LogP) is 3.71. The number of hydrogen-bond donors (Lipinski definition) is 2. The number of hydrogen-bond acceptors (Lipinski definition) is 12. The molecular weight excluding hydrogens is 538 g/mol. The lowest BCUT2D eigenvalue weighted by molar-refractivity contribution is 0.0531. The van der Waals surface area contributed by atoms with Gasteiger partial charge in [-0.1, -0.05) is 23.5 Å². The van der Waals surface area contributed by atoms with Crippen LogP contribution in [0.1, 0.15) is 40.7 Å². The number of sulfone groups is 1. The smallest absolute Gasteiger partial charge is 0.350 e. The van der Waals surface area contributed by atoms with Crippen molar-refractivity contribution in [2.45, 2.75) is 44.2 Å². The fourth-order valence-corrected chi connectivity index (χ4v) is 5.82. The number of nitrogens with zero attached hydrogens (tertiary/aromatic N) is 5. The van der Waals surface area contributed by atoms with Crippen molar-refractivity contribution < 1.29 is 17.9 Å². The molecule has 0 amide bonds. The van der Waals surface area contributed by atoms with E-state index >= 15 is 0 Å². The third kappa shape index (κ3) is 7.43. The van der Waals surface area contributed by atoms with Gasteiger partial charge in [-0.25, -0.2) is 18.2 Å². The molecule has 4 rings (SSSR count). The summed E-state index contributed by atoms with van der Waals surface area (Å²) in [5.74, 6) is 1.37. The van der Waals surface area contributed by atoms with Crippen LogP contribution >= 0.6 is 11.3 Å². The molecule has 0 unspecified atom stereocenters. The van der Waals surface area contributed by atoms with Gasteiger partial charge in [0.25, 0.3) is 0 Å². The molecule has 1 aliphatic heterocycles. The number of nitrogens with one attached hydrogen (secondary N) is 2. The number of benzene rings is 1. The number of rotatable bonds is 10. The van der Waals surface area contributed by atoms with Crippen LogP contribution in [0.2, 0.25) is 0 Å². The van der Waals surface area contributed by atoms with Gasteiger partial charge in [0, 0.05) is 38.0 Å². The van der Waals surface area contributed by atoms with Crippen molar-refractivity contribution >= 4 is 49.9 Å². The molecule has 0 atom stereocenters. The van der Waals surface area contributed by atoms with Crippen LogP contribution < -0.4 is 15.5 Å². The average Bonchev–Trinajstić information content (AvgIpc) is 3.27. The number of carbonyl (C=O) groups is 1. The zero-order valence-corrected chi connectivity index (χ0v) is 24.5. The van der Waals surface area contributed by atoms with Crippen molar-refractivity contribution in [2.24, 2.45) is 0 Å². The third-order valence-electron chi connectivity index (χ3n) is 6.53. The fraction of sp³-hybridized carbons (Fsp3) is 0.462. The van der Waals surface area contributed by atoms with Crippen LogP contribution in [0.3, 0.4) is 0 Å². The predicted molar refractivity (Wildman–Crippen MR) is 154 cm³/mol. The maximum absolute atomic E-state index is 12.3. The summed E-state index contributed by atoms with van der Waals surface area (Å²) in [6, 6.07) is 9.23. The Hall–Kier alpha value is -3.29. The van der Waals surface area contributed by atoms with Gasteiger partial charge in [-0.3, -0.25) is 5.32 Å². The minimum atomic E-state index is -3.25. The number of aryl methyl sites for hydroxylation is 1. The Kier molecular flexibility index (Phi) is 9.03. The zero-order chi connectivity index (χ0) is 28.2. The average molecular weight is 574 g/mol. The van der Waals surface area contributed by atoms with Crippen LogP contribution in [0, 0.1) is 6.92 Å². The minimum absolute atomic E-state index is 0.282. The molecule has 0 spiro atoms. The molecule has 1 aliphatic rings. The van der Waals surface area contributed by atoms with Gasteiger partial charge in [0.2, 0.25) is 5.95 Å². The Morgan fingerprint density at radius 2 is 1.85 bits per heavy atom. The third-order valence-corrected chi connectivity index (χ3v) is 8.71. The summed E-state index contributed by atoms with van der Waals surface area (Å²) >= 11 is 1.20. The SMILES string of the molecule is CCOC(=O)c1sc(Nc2nc(NCc3ccc(S(C)(=O)=O)cc3)cc(N3CCC(N(C)C)CC3)n2)nc1C. The first kappa shape index (κ1) is 28.7. The Morgan fingerprint density at radius 3 is 2.46 bits per heavy atom. The standard InChI is InChI=1S/C26H35N7O4S2/c1-6-37-24(34)23-17(2)28-26(38-23)31-25-29-21(27-16-18-7-9-20(10-8-18)39(5,35)36)15-22(30-25)33-13-11-19(12-14-33)32(3)4/h7-10,15,19H,6,11-14,16H2,1-5H3,(H2,27,28,29,30,31). The number of anilines is 4. The van der Waals surface area contributed by atoms with Crippen LogP contribution in [-0.2, 0) is 21.1 Å². The number of aromatic nitrogens is 3. The second kappa shape index (κ2) is 12.3. The van der Waals surface area contributed by atoms with Crippen molar-refractivity contribution in [2.75, 3.05) is 55.6 Å². The Morgan fingerprint density at radius 1 is 1.15 bits per heavy atom. The molecule has 0 radical (unpaired) electrons. The van der Waals surface area contributed by atoms with E-state index in [0.29, 0.717) is 46.7 Å². The van der Waals surface area contributed by atoms with Crippen molar-refractivity contribution in [1.82, 2.24) is 19.9 Å². The van der Waals surface area contributed by atoms with Crippen LogP contribution in [0.4, 0.5) is 22.7 Å². The van der Waals surface area contributed by atoms with Gasteiger partial charge in [0.05, 0.1) is 17.2 Å². The Labute approximate surface area is 233 Å². The minimum Gasteiger partial charge on any atom is -0.462 e. The van der Waals surface area contributed by atoms with Crippen molar-refractivity contribution in [3.63, 3.8) is 0 Å². The molecule has 0 saturated carbocycles. The lowest BCUT2D eigenvalue weighted by atomic mass is 10.0. The molecule has 210 valence electrons. The highest BCUT2D eigenvalue weighted by atomic mass is 32.2. The summed E-state index contributed by atoms with van der Waals surface area (Å²) in [6.45, 7) is 6.02. The number of thiazole rings is 1. The highest BCUT2D eigenvalue weighted by molar-refractivity contribution is 7.90. The molecular formula is C26H35N7O4S2. The summed E-state index contributed by atoms with van der Waals surface area (Å²) < 4.78 is 28.7. The maximum atomic E-state index is 12.3. The summed E-state index contributed by atoms with van der Waals surface area (Å²) in [4.78, 5) is 31.4. The fourth-order valence-electron chi connectivity index (χ4n) is 4.33. The molecule has 3 heterocycles. The molecule has 2 N–H and O–H groups in total. The van der Waals surface area contributed by atoms with E-state index < -0.39 is 15.8 Å². The van der Waals surface area contributed by atoms with E-state index in [1.807, 2.05) is 6.07 Å². The van der Waals surface area contributed by atoms with Crippen LogP contribution in [0.5, 0.6) is 0 Å². The molecule has 2 aromatic heterocycles. The summed E-state index contributed by atoms with van der Waals surface area (Å²) in [5.41, 5.74) is 1.50. The molecule has 1 fully saturated rings. The molecule has 0 bridgehead atoms. The summed E-state index contributed by atoms with van der Waals surface area (Å²) in [6.07, 6.45) is 3.26. The number of carbonyl (C=O) groups excluding carboxylic acids is 1. The van der Waals surface area contributed by atoms with Gasteiger partial charge in [0.15, 0.2) is 15.0 Å². The van der Waals surface area contributed by atoms with Crippen LogP contribution in [-0.4, -0.2) is 80.3 Å². The van der Waals surface area contributed by atoms with Crippen molar-refractivity contribution in [1.29, 1.82) is 0 Å². The highest BCUT2D eigenvalue weighted by Crippen LogP contribution is 2.28. The van der Waals surface area contributed by atoms with E-state index in [1.165, 1.54) is 17.6 Å². The second-order valence-corrected chi connectivity index (χ2v) is 12.7. The van der Waals surface area contributed by atoms with Gasteiger partial charge >= 0.3 is 5.97 Å². The topological polar surface area (TPSA) is 130 Å². The number of piperidine rings is 1.